The highest BCUT2D eigenvalue weighted by atomic mass is 35.5. The number of carbonyl (C=O) groups is 1. The first-order chi connectivity index (χ1) is 8.56. The van der Waals surface area contributed by atoms with Crippen LogP contribution in [0.2, 0.25) is 0 Å². The first-order valence-corrected chi connectivity index (χ1v) is 7.22. The molecule has 2 saturated carbocycles. The van der Waals surface area contributed by atoms with Crippen LogP contribution in [-0.2, 0) is 9.53 Å². The molecule has 2 aliphatic carbocycles. The molecule has 0 aromatic heterocycles. The summed E-state index contributed by atoms with van der Waals surface area (Å²) in [7, 11) is 0. The number of ether oxygens (including phenoxy) is 1. The summed E-state index contributed by atoms with van der Waals surface area (Å²) >= 11 is 0. The van der Waals surface area contributed by atoms with Crippen molar-refractivity contribution < 1.29 is 9.53 Å². The summed E-state index contributed by atoms with van der Waals surface area (Å²) in [5.41, 5.74) is 6.08. The van der Waals surface area contributed by atoms with E-state index in [4.69, 9.17) is 10.5 Å². The van der Waals surface area contributed by atoms with Crippen LogP contribution in [0, 0.1) is 11.8 Å². The van der Waals surface area contributed by atoms with Crippen molar-refractivity contribution in [1.29, 1.82) is 0 Å². The third-order valence-corrected chi connectivity index (χ3v) is 4.25. The second kappa shape index (κ2) is 7.46. The van der Waals surface area contributed by atoms with E-state index in [1.54, 1.807) is 0 Å². The van der Waals surface area contributed by atoms with Crippen molar-refractivity contribution in [2.75, 3.05) is 6.61 Å². The lowest BCUT2D eigenvalue weighted by molar-refractivity contribution is -0.129. The van der Waals surface area contributed by atoms with Gasteiger partial charge in [0.1, 0.15) is 6.61 Å². The van der Waals surface area contributed by atoms with Gasteiger partial charge in [-0.2, -0.15) is 0 Å². The zero-order valence-corrected chi connectivity index (χ0v) is 12.7. The molecule has 19 heavy (non-hydrogen) atoms. The molecule has 3 N–H and O–H groups in total. The number of nitrogens with two attached hydrogens (primary N) is 1. The van der Waals surface area contributed by atoms with Gasteiger partial charge in [-0.25, -0.2) is 0 Å². The molecule has 0 aliphatic heterocycles. The lowest BCUT2D eigenvalue weighted by Crippen LogP contribution is -2.54. The van der Waals surface area contributed by atoms with Crippen LogP contribution in [0.5, 0.6) is 0 Å². The van der Waals surface area contributed by atoms with Crippen LogP contribution in [0.25, 0.3) is 0 Å². The number of nitrogens with one attached hydrogen (secondary N) is 1. The molecule has 2 bridgehead atoms. The third kappa shape index (κ3) is 4.62. The van der Waals surface area contributed by atoms with E-state index >= 15 is 0 Å². The maximum atomic E-state index is 11.9. The molecule has 0 radical (unpaired) electrons. The normalized spacial score (nSPS) is 33.7. The highest BCUT2D eigenvalue weighted by Gasteiger charge is 2.39. The molecule has 4 nitrogen and oxygen atoms in total. The third-order valence-electron chi connectivity index (χ3n) is 4.25. The number of rotatable bonds is 4. The minimum absolute atomic E-state index is 0. The summed E-state index contributed by atoms with van der Waals surface area (Å²) in [6.45, 7) is 4.07. The molecule has 2 atom stereocenters. The number of carbonyl (C=O) groups excluding carboxylic acids is 1. The Morgan fingerprint density at radius 2 is 1.89 bits per heavy atom. The Morgan fingerprint density at radius 1 is 1.32 bits per heavy atom. The molecule has 1 amide bonds. The van der Waals surface area contributed by atoms with Crippen molar-refractivity contribution in [3.05, 3.63) is 0 Å². The van der Waals surface area contributed by atoms with E-state index in [0.717, 1.165) is 12.8 Å². The molecule has 0 heterocycles. The van der Waals surface area contributed by atoms with Gasteiger partial charge in [0.15, 0.2) is 0 Å². The van der Waals surface area contributed by atoms with Crippen LogP contribution in [0.15, 0.2) is 0 Å². The maximum absolute atomic E-state index is 11.9. The molecule has 0 saturated heterocycles. The van der Waals surface area contributed by atoms with Crippen LogP contribution in [0.4, 0.5) is 0 Å². The molecule has 2 fully saturated rings. The van der Waals surface area contributed by atoms with Crippen molar-refractivity contribution in [1.82, 2.24) is 5.32 Å². The van der Waals surface area contributed by atoms with Crippen LogP contribution < -0.4 is 11.1 Å². The molecule has 0 aromatic rings. The average Bonchev–Trinajstić information content (AvgIpc) is 2.27. The number of halogens is 1. The van der Waals surface area contributed by atoms with Crippen LogP contribution in [0.3, 0.4) is 0 Å². The second-order valence-electron chi connectivity index (χ2n) is 6.14. The predicted octanol–water partition coefficient (Wildman–Crippen LogP) is 1.86. The Bertz CT molecular complexity index is 285. The summed E-state index contributed by atoms with van der Waals surface area (Å²) in [5.74, 6) is 1.19. The average molecular weight is 291 g/mol. The molecule has 2 rings (SSSR count). The number of fused-ring (bicyclic) bond motifs is 2. The van der Waals surface area contributed by atoms with E-state index < -0.39 is 0 Å². The van der Waals surface area contributed by atoms with E-state index in [-0.39, 0.29) is 31.0 Å². The second-order valence-corrected chi connectivity index (χ2v) is 6.14. The Kier molecular flexibility index (Phi) is 6.57. The van der Waals surface area contributed by atoms with Crippen molar-refractivity contribution in [2.24, 2.45) is 17.6 Å². The maximum Gasteiger partial charge on any atom is 0.246 e. The van der Waals surface area contributed by atoms with E-state index in [9.17, 15) is 4.79 Å². The van der Waals surface area contributed by atoms with Gasteiger partial charge in [-0.15, -0.1) is 12.4 Å². The fraction of sp³-hybridized carbons (Fsp3) is 0.929. The van der Waals surface area contributed by atoms with E-state index in [1.807, 2.05) is 13.8 Å². The summed E-state index contributed by atoms with van der Waals surface area (Å²) in [6.07, 6.45) is 5.94. The van der Waals surface area contributed by atoms with E-state index in [1.165, 1.54) is 19.3 Å². The van der Waals surface area contributed by atoms with E-state index in [2.05, 4.69) is 5.32 Å². The smallest absolute Gasteiger partial charge is 0.246 e. The van der Waals surface area contributed by atoms with Crippen molar-refractivity contribution in [3.63, 3.8) is 0 Å². The molecule has 5 heteroatoms. The van der Waals surface area contributed by atoms with E-state index in [0.29, 0.717) is 23.9 Å². The summed E-state index contributed by atoms with van der Waals surface area (Å²) < 4.78 is 5.35. The largest absolute Gasteiger partial charge is 0.369 e. The topological polar surface area (TPSA) is 64.3 Å². The summed E-state index contributed by atoms with van der Waals surface area (Å²) in [4.78, 5) is 11.9. The Balaban J connectivity index is 0.00000180. The zero-order chi connectivity index (χ0) is 13.1. The number of hydrogen-bond donors (Lipinski definition) is 2. The quantitative estimate of drug-likeness (QED) is 0.830. The Hall–Kier alpha value is -0.320. The lowest BCUT2D eigenvalue weighted by atomic mass is 9.67. The SMILES string of the molecule is CC(C)OCC(=O)NC1C2CCCC1CC(N)C2.Cl. The van der Waals surface area contributed by atoms with Gasteiger partial charge >= 0.3 is 0 Å². The summed E-state index contributed by atoms with van der Waals surface area (Å²) in [5, 5.41) is 3.18. The first kappa shape index (κ1) is 16.7. The van der Waals surface area contributed by atoms with Crippen molar-refractivity contribution in [3.8, 4) is 0 Å². The number of amides is 1. The fourth-order valence-electron chi connectivity index (χ4n) is 3.49. The highest BCUT2D eigenvalue weighted by Crippen LogP contribution is 2.39. The van der Waals surface area contributed by atoms with Crippen molar-refractivity contribution >= 4 is 18.3 Å². The van der Waals surface area contributed by atoms with Gasteiger partial charge in [-0.3, -0.25) is 4.79 Å². The van der Waals surface area contributed by atoms with Gasteiger partial charge in [-0.1, -0.05) is 6.42 Å². The van der Waals surface area contributed by atoms with Gasteiger partial charge in [-0.05, 0) is 51.4 Å². The van der Waals surface area contributed by atoms with Gasteiger partial charge in [0.05, 0.1) is 6.10 Å². The minimum Gasteiger partial charge on any atom is -0.369 e. The molecule has 0 spiro atoms. The van der Waals surface area contributed by atoms with Crippen molar-refractivity contribution in [2.45, 2.75) is 64.1 Å². The Morgan fingerprint density at radius 3 is 2.42 bits per heavy atom. The lowest BCUT2D eigenvalue weighted by Gasteiger charge is -2.45. The molecule has 2 unspecified atom stereocenters. The van der Waals surface area contributed by atoms with Crippen LogP contribution >= 0.6 is 12.4 Å². The molecular weight excluding hydrogens is 264 g/mol. The van der Waals surface area contributed by atoms with Gasteiger partial charge < -0.3 is 15.8 Å². The molecule has 2 aliphatic rings. The van der Waals surface area contributed by atoms with Gasteiger partial charge in [0.2, 0.25) is 5.91 Å². The van der Waals surface area contributed by atoms with Gasteiger partial charge in [0.25, 0.3) is 0 Å². The first-order valence-electron chi connectivity index (χ1n) is 7.22. The fourth-order valence-corrected chi connectivity index (χ4v) is 3.49. The zero-order valence-electron chi connectivity index (χ0n) is 11.9. The van der Waals surface area contributed by atoms with Crippen LogP contribution in [0.1, 0.15) is 46.0 Å². The van der Waals surface area contributed by atoms with Crippen LogP contribution in [-0.4, -0.2) is 30.7 Å². The molecule has 0 aromatic carbocycles. The summed E-state index contributed by atoms with van der Waals surface area (Å²) in [6, 6.07) is 0.669. The Labute approximate surface area is 122 Å². The number of hydrogen-bond acceptors (Lipinski definition) is 3. The predicted molar refractivity (Wildman–Crippen MR) is 78.3 cm³/mol. The monoisotopic (exact) mass is 290 g/mol. The standard InChI is InChI=1S/C14H26N2O2.ClH/c1-9(2)18-8-13(17)16-14-10-4-3-5-11(14)7-12(15)6-10;/h9-12,14H,3-8,15H2,1-2H3,(H,16,17);1H. The molecule has 112 valence electrons. The highest BCUT2D eigenvalue weighted by molar-refractivity contribution is 5.85. The van der Waals surface area contributed by atoms with Gasteiger partial charge in [0, 0.05) is 12.1 Å². The minimum atomic E-state index is 0. The molecular formula is C14H27ClN2O2.